The number of nitrogens with zero attached hydrogens (tertiary/aromatic N) is 2. The summed E-state index contributed by atoms with van der Waals surface area (Å²) >= 11 is 1.69. The lowest BCUT2D eigenvalue weighted by atomic mass is 10.2. The fraction of sp³-hybridized carbons (Fsp3) is 0.154. The number of anilines is 1. The van der Waals surface area contributed by atoms with E-state index in [1.54, 1.807) is 11.3 Å². The van der Waals surface area contributed by atoms with Crippen LogP contribution in [0.5, 0.6) is 0 Å². The van der Waals surface area contributed by atoms with Gasteiger partial charge < -0.3 is 4.90 Å². The summed E-state index contributed by atoms with van der Waals surface area (Å²) in [5, 5.41) is 1.03. The van der Waals surface area contributed by atoms with Crippen LogP contribution in [0.15, 0.2) is 36.5 Å². The number of hydrogen-bond acceptors (Lipinski definition) is 3. The highest BCUT2D eigenvalue weighted by molar-refractivity contribution is 7.16. The molecule has 16 heavy (non-hydrogen) atoms. The maximum Gasteiger partial charge on any atom is 0.185 e. The summed E-state index contributed by atoms with van der Waals surface area (Å²) in [6.07, 6.45) is 6.10. The van der Waals surface area contributed by atoms with Crippen LogP contribution in [-0.4, -0.2) is 19.1 Å². The SMILES string of the molecule is CN(C)c1ncc(/C=C/c2ccccc2)s1. The zero-order valence-electron chi connectivity index (χ0n) is 9.42. The Bertz CT molecular complexity index is 472. The van der Waals surface area contributed by atoms with Crippen molar-refractivity contribution in [3.8, 4) is 0 Å². The van der Waals surface area contributed by atoms with Crippen LogP contribution in [0.1, 0.15) is 10.4 Å². The molecule has 0 spiro atoms. The molecule has 1 heterocycles. The Hall–Kier alpha value is -1.61. The minimum atomic E-state index is 1.03. The van der Waals surface area contributed by atoms with Gasteiger partial charge in [0.15, 0.2) is 5.13 Å². The molecule has 82 valence electrons. The van der Waals surface area contributed by atoms with Crippen LogP contribution in [0, 0.1) is 0 Å². The maximum atomic E-state index is 4.32. The van der Waals surface area contributed by atoms with Gasteiger partial charge in [-0.25, -0.2) is 4.98 Å². The van der Waals surface area contributed by atoms with Gasteiger partial charge in [0.1, 0.15) is 0 Å². The van der Waals surface area contributed by atoms with Crippen LogP contribution in [0.2, 0.25) is 0 Å². The number of rotatable bonds is 3. The van der Waals surface area contributed by atoms with Crippen LogP contribution < -0.4 is 4.90 Å². The summed E-state index contributed by atoms with van der Waals surface area (Å²) in [6, 6.07) is 10.3. The largest absolute Gasteiger partial charge is 0.354 e. The maximum absolute atomic E-state index is 4.32. The van der Waals surface area contributed by atoms with Gasteiger partial charge in [-0.2, -0.15) is 0 Å². The Morgan fingerprint density at radius 1 is 1.12 bits per heavy atom. The van der Waals surface area contributed by atoms with Gasteiger partial charge in [-0.05, 0) is 11.6 Å². The van der Waals surface area contributed by atoms with E-state index in [0.29, 0.717) is 0 Å². The van der Waals surface area contributed by atoms with Gasteiger partial charge in [0.25, 0.3) is 0 Å². The molecule has 0 fully saturated rings. The Balaban J connectivity index is 2.12. The second-order valence-corrected chi connectivity index (χ2v) is 4.72. The quantitative estimate of drug-likeness (QED) is 0.803. The van der Waals surface area contributed by atoms with E-state index >= 15 is 0 Å². The highest BCUT2D eigenvalue weighted by Gasteiger charge is 1.99. The summed E-state index contributed by atoms with van der Waals surface area (Å²) in [5.74, 6) is 0. The van der Waals surface area contributed by atoms with E-state index in [1.807, 2.05) is 43.4 Å². The van der Waals surface area contributed by atoms with E-state index in [9.17, 15) is 0 Å². The van der Waals surface area contributed by atoms with E-state index in [4.69, 9.17) is 0 Å². The van der Waals surface area contributed by atoms with Crippen molar-refractivity contribution in [1.29, 1.82) is 0 Å². The smallest absolute Gasteiger partial charge is 0.185 e. The molecule has 0 unspecified atom stereocenters. The zero-order chi connectivity index (χ0) is 11.4. The average Bonchev–Trinajstić information content (AvgIpc) is 2.76. The second-order valence-electron chi connectivity index (χ2n) is 3.68. The van der Waals surface area contributed by atoms with E-state index in [0.717, 1.165) is 5.13 Å². The third kappa shape index (κ3) is 2.70. The molecule has 2 nitrogen and oxygen atoms in total. The summed E-state index contributed by atoms with van der Waals surface area (Å²) in [6.45, 7) is 0. The number of benzene rings is 1. The van der Waals surface area contributed by atoms with Gasteiger partial charge in [0.05, 0.1) is 0 Å². The fourth-order valence-corrected chi connectivity index (χ4v) is 2.04. The molecule has 0 saturated heterocycles. The predicted molar refractivity (Wildman–Crippen MR) is 71.8 cm³/mol. The van der Waals surface area contributed by atoms with E-state index < -0.39 is 0 Å². The Morgan fingerprint density at radius 3 is 2.50 bits per heavy atom. The van der Waals surface area contributed by atoms with Gasteiger partial charge in [-0.1, -0.05) is 47.7 Å². The lowest BCUT2D eigenvalue weighted by Crippen LogP contribution is -2.07. The van der Waals surface area contributed by atoms with Gasteiger partial charge in [-0.15, -0.1) is 0 Å². The first-order valence-corrected chi connectivity index (χ1v) is 5.93. The molecule has 0 aliphatic heterocycles. The molecule has 3 heteroatoms. The molecule has 1 aromatic heterocycles. The van der Waals surface area contributed by atoms with Crippen LogP contribution in [0.3, 0.4) is 0 Å². The molecule has 0 aliphatic carbocycles. The molecule has 0 radical (unpaired) electrons. The van der Waals surface area contributed by atoms with Gasteiger partial charge in [-0.3, -0.25) is 0 Å². The first kappa shape index (κ1) is 10.9. The molecular weight excluding hydrogens is 216 g/mol. The van der Waals surface area contributed by atoms with E-state index in [1.165, 1.54) is 10.4 Å². The molecule has 1 aromatic carbocycles. The highest BCUT2D eigenvalue weighted by Crippen LogP contribution is 2.22. The second kappa shape index (κ2) is 4.94. The average molecular weight is 230 g/mol. The van der Waals surface area contributed by atoms with E-state index in [2.05, 4.69) is 29.3 Å². The molecule has 0 aliphatic rings. The van der Waals surface area contributed by atoms with Crippen LogP contribution >= 0.6 is 11.3 Å². The van der Waals surface area contributed by atoms with Crippen molar-refractivity contribution in [3.63, 3.8) is 0 Å². The van der Waals surface area contributed by atoms with Crippen molar-refractivity contribution >= 4 is 28.6 Å². The van der Waals surface area contributed by atoms with E-state index in [-0.39, 0.29) is 0 Å². The first-order chi connectivity index (χ1) is 7.75. The topological polar surface area (TPSA) is 16.1 Å². The van der Waals surface area contributed by atoms with Crippen molar-refractivity contribution in [3.05, 3.63) is 47.0 Å². The highest BCUT2D eigenvalue weighted by atomic mass is 32.1. The lowest BCUT2D eigenvalue weighted by Gasteiger charge is -2.04. The lowest BCUT2D eigenvalue weighted by molar-refractivity contribution is 1.10. The number of thiazole rings is 1. The van der Waals surface area contributed by atoms with Gasteiger partial charge >= 0.3 is 0 Å². The Morgan fingerprint density at radius 2 is 1.88 bits per heavy atom. The number of hydrogen-bond donors (Lipinski definition) is 0. The van der Waals surface area contributed by atoms with Crippen LogP contribution in [0.4, 0.5) is 5.13 Å². The minimum absolute atomic E-state index is 1.03. The van der Waals surface area contributed by atoms with Gasteiger partial charge in [0, 0.05) is 25.2 Å². The molecule has 0 N–H and O–H groups in total. The molecule has 2 rings (SSSR count). The Kier molecular flexibility index (Phi) is 3.37. The Labute approximate surface area is 99.9 Å². The molecule has 0 saturated carbocycles. The third-order valence-corrected chi connectivity index (χ3v) is 3.26. The molecular formula is C13H14N2S. The third-order valence-electron chi connectivity index (χ3n) is 2.13. The fourth-order valence-electron chi connectivity index (χ4n) is 1.30. The van der Waals surface area contributed by atoms with Crippen LogP contribution in [0.25, 0.3) is 12.2 Å². The van der Waals surface area contributed by atoms with Crippen molar-refractivity contribution in [2.24, 2.45) is 0 Å². The van der Waals surface area contributed by atoms with Gasteiger partial charge in [0.2, 0.25) is 0 Å². The summed E-state index contributed by atoms with van der Waals surface area (Å²) in [7, 11) is 4.01. The zero-order valence-corrected chi connectivity index (χ0v) is 10.2. The summed E-state index contributed by atoms with van der Waals surface area (Å²) < 4.78 is 0. The van der Waals surface area contributed by atoms with Crippen LogP contribution in [-0.2, 0) is 0 Å². The molecule has 2 aromatic rings. The predicted octanol–water partition coefficient (Wildman–Crippen LogP) is 3.38. The van der Waals surface area contributed by atoms with Crippen molar-refractivity contribution in [2.75, 3.05) is 19.0 Å². The molecule has 0 atom stereocenters. The number of aromatic nitrogens is 1. The normalized spacial score (nSPS) is 10.9. The summed E-state index contributed by atoms with van der Waals surface area (Å²) in [4.78, 5) is 7.51. The van der Waals surface area contributed by atoms with Crippen molar-refractivity contribution in [1.82, 2.24) is 4.98 Å². The summed E-state index contributed by atoms with van der Waals surface area (Å²) in [5.41, 5.74) is 1.21. The molecule has 0 bridgehead atoms. The van der Waals surface area contributed by atoms with Crippen molar-refractivity contribution in [2.45, 2.75) is 0 Å². The first-order valence-electron chi connectivity index (χ1n) is 5.12. The monoisotopic (exact) mass is 230 g/mol. The van der Waals surface area contributed by atoms with Crippen molar-refractivity contribution < 1.29 is 0 Å². The minimum Gasteiger partial charge on any atom is -0.354 e. The molecule has 0 amide bonds. The standard InChI is InChI=1S/C13H14N2S/c1-15(2)13-14-10-12(16-13)9-8-11-6-4-3-5-7-11/h3-10H,1-2H3/b9-8+.